The Bertz CT molecular complexity index is 470. The number of fused-ring (bicyclic) bond motifs is 1. The van der Waals surface area contributed by atoms with Crippen molar-refractivity contribution >= 4 is 5.71 Å². The average molecular weight is 231 g/mol. The number of oxime groups is 1. The third-order valence-electron chi connectivity index (χ3n) is 3.53. The van der Waals surface area contributed by atoms with Crippen molar-refractivity contribution in [3.8, 4) is 0 Å². The lowest BCUT2D eigenvalue weighted by atomic mass is 9.92. The molecule has 2 aliphatic heterocycles. The largest absolute Gasteiger partial charge is 0.389 e. The Labute approximate surface area is 101 Å². The molecule has 2 aliphatic rings. The van der Waals surface area contributed by atoms with Crippen molar-refractivity contribution < 1.29 is 9.57 Å². The molecule has 0 aliphatic carbocycles. The minimum Gasteiger partial charge on any atom is -0.389 e. The van der Waals surface area contributed by atoms with Crippen molar-refractivity contribution in [3.05, 3.63) is 34.4 Å². The second-order valence-corrected chi connectivity index (χ2v) is 4.97. The van der Waals surface area contributed by atoms with Gasteiger partial charge in [-0.2, -0.15) is 0 Å². The summed E-state index contributed by atoms with van der Waals surface area (Å²) in [4.78, 5) is 5.45. The molecule has 0 amide bonds. The van der Waals surface area contributed by atoms with Gasteiger partial charge in [-0.05, 0) is 31.9 Å². The summed E-state index contributed by atoms with van der Waals surface area (Å²) in [5.74, 6) is 0. The first-order chi connectivity index (χ1) is 8.16. The Morgan fingerprint density at radius 2 is 1.88 bits per heavy atom. The Hall–Kier alpha value is -1.35. The van der Waals surface area contributed by atoms with Crippen LogP contribution in [0.4, 0.5) is 0 Å². The molecule has 3 heteroatoms. The van der Waals surface area contributed by atoms with Gasteiger partial charge in [0.1, 0.15) is 11.8 Å². The molecule has 1 aromatic rings. The van der Waals surface area contributed by atoms with E-state index in [0.29, 0.717) is 0 Å². The molecule has 3 nitrogen and oxygen atoms in total. The van der Waals surface area contributed by atoms with Crippen LogP contribution >= 0.6 is 0 Å². The average Bonchev–Trinajstić information content (AvgIpc) is 2.80. The Morgan fingerprint density at radius 1 is 1.18 bits per heavy atom. The molecular weight excluding hydrogens is 214 g/mol. The summed E-state index contributed by atoms with van der Waals surface area (Å²) >= 11 is 0. The van der Waals surface area contributed by atoms with Crippen LogP contribution in [-0.4, -0.2) is 24.5 Å². The smallest absolute Gasteiger partial charge is 0.161 e. The van der Waals surface area contributed by atoms with Gasteiger partial charge in [-0.25, -0.2) is 0 Å². The summed E-state index contributed by atoms with van der Waals surface area (Å²) in [6, 6.07) is 4.38. The topological polar surface area (TPSA) is 30.8 Å². The Kier molecular flexibility index (Phi) is 2.44. The van der Waals surface area contributed by atoms with E-state index >= 15 is 0 Å². The van der Waals surface area contributed by atoms with E-state index in [-0.39, 0.29) is 12.2 Å². The van der Waals surface area contributed by atoms with E-state index in [2.05, 4.69) is 38.1 Å². The van der Waals surface area contributed by atoms with Crippen LogP contribution in [0.2, 0.25) is 0 Å². The van der Waals surface area contributed by atoms with Crippen molar-refractivity contribution in [2.24, 2.45) is 5.16 Å². The van der Waals surface area contributed by atoms with Gasteiger partial charge in [0, 0.05) is 12.0 Å². The lowest BCUT2D eigenvalue weighted by molar-refractivity contribution is 0.0538. The first kappa shape index (κ1) is 10.8. The highest BCUT2D eigenvalue weighted by Gasteiger charge is 2.40. The number of ether oxygens (including phenoxy) is 1. The molecular formula is C14H17NO2. The van der Waals surface area contributed by atoms with Gasteiger partial charge in [0.05, 0.1) is 6.61 Å². The van der Waals surface area contributed by atoms with Crippen LogP contribution in [-0.2, 0) is 9.57 Å². The summed E-state index contributed by atoms with van der Waals surface area (Å²) in [7, 11) is 0. The number of rotatable bonds is 1. The first-order valence-electron chi connectivity index (χ1n) is 6.10. The van der Waals surface area contributed by atoms with Gasteiger partial charge in [-0.1, -0.05) is 22.9 Å². The fraction of sp³-hybridized carbons (Fsp3) is 0.500. The third-order valence-corrected chi connectivity index (χ3v) is 3.53. The van der Waals surface area contributed by atoms with E-state index in [1.165, 1.54) is 22.3 Å². The van der Waals surface area contributed by atoms with Crippen LogP contribution in [0.25, 0.3) is 0 Å². The van der Waals surface area contributed by atoms with E-state index in [4.69, 9.17) is 9.57 Å². The van der Waals surface area contributed by atoms with Gasteiger partial charge in [-0.15, -0.1) is 0 Å². The highest BCUT2D eigenvalue weighted by Crippen LogP contribution is 2.30. The van der Waals surface area contributed by atoms with Crippen LogP contribution in [0.1, 0.15) is 28.7 Å². The standard InChI is InChI=1S/C14H17NO2/c1-8-6-9(2)12(10(3)7-8)13-14-11(17-15-13)4-5-16-14/h6-7,11,14H,4-5H2,1-3H3. The SMILES string of the molecule is Cc1cc(C)c(C2=NOC3CCOC23)c(C)c1. The summed E-state index contributed by atoms with van der Waals surface area (Å²) < 4.78 is 5.73. The van der Waals surface area contributed by atoms with Gasteiger partial charge in [0.2, 0.25) is 0 Å². The monoisotopic (exact) mass is 231 g/mol. The van der Waals surface area contributed by atoms with E-state index < -0.39 is 0 Å². The van der Waals surface area contributed by atoms with Crippen LogP contribution in [0.5, 0.6) is 0 Å². The van der Waals surface area contributed by atoms with Crippen molar-refractivity contribution in [2.75, 3.05) is 6.61 Å². The van der Waals surface area contributed by atoms with Crippen molar-refractivity contribution in [1.29, 1.82) is 0 Å². The maximum absolute atomic E-state index is 5.73. The van der Waals surface area contributed by atoms with Gasteiger partial charge < -0.3 is 9.57 Å². The molecule has 17 heavy (non-hydrogen) atoms. The highest BCUT2D eigenvalue weighted by atomic mass is 16.7. The molecule has 2 heterocycles. The molecule has 1 fully saturated rings. The van der Waals surface area contributed by atoms with Crippen molar-refractivity contribution in [2.45, 2.75) is 39.4 Å². The Morgan fingerprint density at radius 3 is 2.59 bits per heavy atom. The number of benzene rings is 1. The minimum atomic E-state index is 0.0371. The van der Waals surface area contributed by atoms with Crippen molar-refractivity contribution in [1.82, 2.24) is 0 Å². The van der Waals surface area contributed by atoms with Gasteiger partial charge in [0.25, 0.3) is 0 Å². The van der Waals surface area contributed by atoms with Gasteiger partial charge >= 0.3 is 0 Å². The molecule has 1 aromatic carbocycles. The lowest BCUT2D eigenvalue weighted by Crippen LogP contribution is -2.27. The molecule has 0 N–H and O–H groups in total. The van der Waals surface area contributed by atoms with E-state index in [1.807, 2.05) is 0 Å². The summed E-state index contributed by atoms with van der Waals surface area (Å²) in [5, 5.41) is 4.23. The van der Waals surface area contributed by atoms with Gasteiger partial charge in [-0.3, -0.25) is 0 Å². The number of aryl methyl sites for hydroxylation is 3. The summed E-state index contributed by atoms with van der Waals surface area (Å²) in [6.07, 6.45) is 1.11. The second-order valence-electron chi connectivity index (χ2n) is 4.97. The molecule has 2 unspecified atom stereocenters. The maximum Gasteiger partial charge on any atom is 0.161 e. The number of hydrogen-bond donors (Lipinski definition) is 0. The normalized spacial score (nSPS) is 26.6. The number of hydrogen-bond acceptors (Lipinski definition) is 3. The van der Waals surface area contributed by atoms with Crippen LogP contribution < -0.4 is 0 Å². The fourth-order valence-electron chi connectivity index (χ4n) is 2.88. The van der Waals surface area contributed by atoms with E-state index in [1.54, 1.807) is 0 Å². The molecule has 0 bridgehead atoms. The van der Waals surface area contributed by atoms with E-state index in [0.717, 1.165) is 18.7 Å². The van der Waals surface area contributed by atoms with Crippen LogP contribution in [0, 0.1) is 20.8 Å². The van der Waals surface area contributed by atoms with Crippen molar-refractivity contribution in [3.63, 3.8) is 0 Å². The Balaban J connectivity index is 2.05. The predicted molar refractivity (Wildman–Crippen MR) is 66.4 cm³/mol. The quantitative estimate of drug-likeness (QED) is 0.743. The molecule has 0 spiro atoms. The first-order valence-corrected chi connectivity index (χ1v) is 6.10. The molecule has 2 atom stereocenters. The third kappa shape index (κ3) is 1.65. The molecule has 0 saturated carbocycles. The zero-order valence-corrected chi connectivity index (χ0v) is 10.5. The molecule has 0 aromatic heterocycles. The molecule has 90 valence electrons. The fourth-order valence-corrected chi connectivity index (χ4v) is 2.88. The molecule has 1 saturated heterocycles. The zero-order chi connectivity index (χ0) is 12.0. The van der Waals surface area contributed by atoms with Crippen LogP contribution in [0.15, 0.2) is 17.3 Å². The summed E-state index contributed by atoms with van der Waals surface area (Å²) in [5.41, 5.74) is 5.96. The van der Waals surface area contributed by atoms with E-state index in [9.17, 15) is 0 Å². The zero-order valence-electron chi connectivity index (χ0n) is 10.5. The van der Waals surface area contributed by atoms with Gasteiger partial charge in [0.15, 0.2) is 6.10 Å². The lowest BCUT2D eigenvalue weighted by Gasteiger charge is -2.14. The highest BCUT2D eigenvalue weighted by molar-refractivity contribution is 6.07. The minimum absolute atomic E-state index is 0.0371. The predicted octanol–water partition coefficient (Wildman–Crippen LogP) is 2.50. The second kappa shape index (κ2) is 3.84. The molecule has 3 rings (SSSR count). The maximum atomic E-state index is 5.73. The summed E-state index contributed by atoms with van der Waals surface area (Å²) in [6.45, 7) is 7.14. The van der Waals surface area contributed by atoms with Crippen LogP contribution in [0.3, 0.4) is 0 Å². The number of nitrogens with zero attached hydrogens (tertiary/aromatic N) is 1. The molecule has 0 radical (unpaired) electrons.